The van der Waals surface area contributed by atoms with Crippen LogP contribution in [0.3, 0.4) is 0 Å². The number of ether oxygens (including phenoxy) is 1. The van der Waals surface area contributed by atoms with E-state index in [9.17, 15) is 9.90 Å². The molecule has 0 aliphatic carbocycles. The topological polar surface area (TPSA) is 58.6 Å². The van der Waals surface area contributed by atoms with E-state index in [4.69, 9.17) is 4.74 Å². The maximum absolute atomic E-state index is 11.9. The van der Waals surface area contributed by atoms with Crippen LogP contribution in [0.2, 0.25) is 0 Å². The Hall–Kier alpha value is -1.21. The van der Waals surface area contributed by atoms with Gasteiger partial charge < -0.3 is 15.2 Å². The molecular weight excluding hydrogens is 254 g/mol. The highest BCUT2D eigenvalue weighted by Gasteiger charge is 2.30. The Morgan fingerprint density at radius 3 is 2.30 bits per heavy atom. The Balaban J connectivity index is 4.88. The molecule has 2 N–H and O–H groups in total. The molecule has 0 rings (SSSR count). The minimum absolute atomic E-state index is 0.138. The summed E-state index contributed by atoms with van der Waals surface area (Å²) in [6.45, 7) is 13.1. The van der Waals surface area contributed by atoms with Gasteiger partial charge in [0.15, 0.2) is 0 Å². The normalized spacial score (nSPS) is 17.2. The first-order valence-corrected chi connectivity index (χ1v) is 7.22. The van der Waals surface area contributed by atoms with E-state index in [1.54, 1.807) is 6.92 Å². The third-order valence-electron chi connectivity index (χ3n) is 3.19. The van der Waals surface area contributed by atoms with Gasteiger partial charge in [0, 0.05) is 5.92 Å². The average Bonchev–Trinajstić information content (AvgIpc) is 2.32. The van der Waals surface area contributed by atoms with Gasteiger partial charge in [0.05, 0.1) is 12.1 Å². The van der Waals surface area contributed by atoms with Gasteiger partial charge in [0.1, 0.15) is 5.60 Å². The molecule has 4 nitrogen and oxygen atoms in total. The van der Waals surface area contributed by atoms with Crippen LogP contribution in [0, 0.1) is 23.7 Å². The lowest BCUT2D eigenvalue weighted by Gasteiger charge is -2.31. The Labute approximate surface area is 123 Å². The molecule has 0 saturated carbocycles. The number of hydrogen-bond donors (Lipinski definition) is 2. The summed E-state index contributed by atoms with van der Waals surface area (Å²) in [7, 11) is 0. The lowest BCUT2D eigenvalue weighted by molar-refractivity contribution is 0.0306. The molecule has 0 radical (unpaired) electrons. The smallest absolute Gasteiger partial charge is 0.407 e. The molecule has 0 aliphatic rings. The zero-order valence-corrected chi connectivity index (χ0v) is 13.8. The highest BCUT2D eigenvalue weighted by atomic mass is 16.6. The zero-order valence-electron chi connectivity index (χ0n) is 13.8. The molecule has 0 bridgehead atoms. The molecule has 0 spiro atoms. The summed E-state index contributed by atoms with van der Waals surface area (Å²) >= 11 is 0. The van der Waals surface area contributed by atoms with E-state index in [1.165, 1.54) is 0 Å². The second-order valence-electron chi connectivity index (χ2n) is 6.23. The molecular formula is C16H29NO3. The molecule has 0 heterocycles. The number of alkyl carbamates (subject to hydrolysis) is 1. The van der Waals surface area contributed by atoms with Gasteiger partial charge >= 0.3 is 6.09 Å². The van der Waals surface area contributed by atoms with Crippen LogP contribution in [-0.4, -0.2) is 28.9 Å². The fraction of sp³-hybridized carbons (Fsp3) is 0.812. The number of aliphatic hydroxyl groups excluding tert-OH is 1. The number of hydrogen-bond acceptors (Lipinski definition) is 3. The van der Waals surface area contributed by atoms with E-state index in [1.807, 2.05) is 41.5 Å². The van der Waals surface area contributed by atoms with E-state index in [0.29, 0.717) is 0 Å². The molecule has 0 aromatic heterocycles. The van der Waals surface area contributed by atoms with Crippen molar-refractivity contribution in [3.63, 3.8) is 0 Å². The van der Waals surface area contributed by atoms with Gasteiger partial charge in [0.2, 0.25) is 0 Å². The first-order valence-electron chi connectivity index (χ1n) is 7.22. The van der Waals surface area contributed by atoms with Crippen LogP contribution in [0.15, 0.2) is 0 Å². The first-order chi connectivity index (χ1) is 9.12. The monoisotopic (exact) mass is 283 g/mol. The third-order valence-corrected chi connectivity index (χ3v) is 3.19. The summed E-state index contributed by atoms with van der Waals surface area (Å²) in [4.78, 5) is 11.9. The average molecular weight is 283 g/mol. The van der Waals surface area contributed by atoms with Crippen molar-refractivity contribution in [1.82, 2.24) is 5.32 Å². The Morgan fingerprint density at radius 2 is 1.90 bits per heavy atom. The maximum Gasteiger partial charge on any atom is 0.407 e. The van der Waals surface area contributed by atoms with Crippen molar-refractivity contribution in [2.45, 2.75) is 72.6 Å². The SMILES string of the molecule is CC#C[C@H](C)[C@H](O)[C@@H](NC(=O)OC(C)(C)C)[C@@H](C)CC. The second-order valence-corrected chi connectivity index (χ2v) is 6.23. The molecule has 116 valence electrons. The summed E-state index contributed by atoms with van der Waals surface area (Å²) in [5, 5.41) is 13.2. The Kier molecular flexibility index (Phi) is 7.67. The number of carbonyl (C=O) groups excluding carboxylic acids is 1. The molecule has 0 saturated heterocycles. The number of amides is 1. The van der Waals surface area contributed by atoms with Gasteiger partial charge in [0.25, 0.3) is 0 Å². The summed E-state index contributed by atoms with van der Waals surface area (Å²) in [6.07, 6.45) is -0.368. The second kappa shape index (κ2) is 8.16. The number of nitrogens with one attached hydrogen (secondary N) is 1. The summed E-state index contributed by atoms with van der Waals surface area (Å²) in [5.41, 5.74) is -0.552. The van der Waals surface area contributed by atoms with Crippen molar-refractivity contribution in [2.24, 2.45) is 11.8 Å². The molecule has 1 amide bonds. The Bertz CT molecular complexity index is 362. The van der Waals surface area contributed by atoms with Crippen molar-refractivity contribution in [3.8, 4) is 11.8 Å². The fourth-order valence-electron chi connectivity index (χ4n) is 1.89. The van der Waals surface area contributed by atoms with Crippen LogP contribution in [0.1, 0.15) is 54.9 Å². The van der Waals surface area contributed by atoms with Crippen LogP contribution in [0.25, 0.3) is 0 Å². The minimum Gasteiger partial charge on any atom is -0.444 e. The van der Waals surface area contributed by atoms with Gasteiger partial charge in [-0.05, 0) is 40.5 Å². The van der Waals surface area contributed by atoms with Crippen molar-refractivity contribution in [1.29, 1.82) is 0 Å². The summed E-state index contributed by atoms with van der Waals surface area (Å²) in [5.74, 6) is 5.67. The molecule has 0 aliphatic heterocycles. The Morgan fingerprint density at radius 1 is 1.35 bits per heavy atom. The third kappa shape index (κ3) is 6.81. The van der Waals surface area contributed by atoms with Crippen LogP contribution < -0.4 is 5.32 Å². The van der Waals surface area contributed by atoms with E-state index >= 15 is 0 Å². The predicted molar refractivity (Wildman–Crippen MR) is 81.2 cm³/mol. The molecule has 0 aromatic rings. The molecule has 0 unspecified atom stereocenters. The molecule has 0 aromatic carbocycles. The van der Waals surface area contributed by atoms with E-state index in [-0.39, 0.29) is 17.9 Å². The molecule has 4 atom stereocenters. The van der Waals surface area contributed by atoms with E-state index in [2.05, 4.69) is 17.2 Å². The van der Waals surface area contributed by atoms with Crippen molar-refractivity contribution < 1.29 is 14.6 Å². The molecule has 0 fully saturated rings. The fourth-order valence-corrected chi connectivity index (χ4v) is 1.89. The number of rotatable bonds is 5. The van der Waals surface area contributed by atoms with Gasteiger partial charge in [-0.25, -0.2) is 4.79 Å². The highest BCUT2D eigenvalue weighted by molar-refractivity contribution is 5.68. The molecule has 4 heteroatoms. The van der Waals surface area contributed by atoms with Gasteiger partial charge in [-0.1, -0.05) is 26.2 Å². The zero-order chi connectivity index (χ0) is 15.9. The van der Waals surface area contributed by atoms with E-state index < -0.39 is 17.8 Å². The largest absolute Gasteiger partial charge is 0.444 e. The van der Waals surface area contributed by atoms with Crippen molar-refractivity contribution in [3.05, 3.63) is 0 Å². The van der Waals surface area contributed by atoms with Crippen LogP contribution in [0.5, 0.6) is 0 Å². The standard InChI is InChI=1S/C16H29NO3/c1-8-10-12(4)14(18)13(11(3)9-2)17-15(19)20-16(5,6)7/h11-14,18H,9H2,1-7H3,(H,17,19)/t11-,12-,13-,14-/m0/s1. The van der Waals surface area contributed by atoms with Crippen molar-refractivity contribution in [2.75, 3.05) is 0 Å². The van der Waals surface area contributed by atoms with Gasteiger partial charge in [-0.3, -0.25) is 0 Å². The van der Waals surface area contributed by atoms with Crippen LogP contribution in [-0.2, 0) is 4.74 Å². The molecule has 20 heavy (non-hydrogen) atoms. The lowest BCUT2D eigenvalue weighted by atomic mass is 9.88. The van der Waals surface area contributed by atoms with Crippen molar-refractivity contribution >= 4 is 6.09 Å². The lowest BCUT2D eigenvalue weighted by Crippen LogP contribution is -2.50. The summed E-state index contributed by atoms with van der Waals surface area (Å²) < 4.78 is 5.26. The quantitative estimate of drug-likeness (QED) is 0.763. The maximum atomic E-state index is 11.9. The number of carbonyl (C=O) groups is 1. The van der Waals surface area contributed by atoms with Gasteiger partial charge in [-0.15, -0.1) is 5.92 Å². The first kappa shape index (κ1) is 18.8. The minimum atomic E-state index is -0.718. The predicted octanol–water partition coefficient (Wildman–Crippen LogP) is 2.95. The summed E-state index contributed by atoms with van der Waals surface area (Å²) in [6, 6.07) is -0.370. The van der Waals surface area contributed by atoms with Crippen LogP contribution >= 0.6 is 0 Å². The van der Waals surface area contributed by atoms with Crippen LogP contribution in [0.4, 0.5) is 4.79 Å². The van der Waals surface area contributed by atoms with E-state index in [0.717, 1.165) is 6.42 Å². The number of aliphatic hydroxyl groups is 1. The van der Waals surface area contributed by atoms with Gasteiger partial charge in [-0.2, -0.15) is 0 Å². The highest BCUT2D eigenvalue weighted by Crippen LogP contribution is 2.18.